The second-order valence-corrected chi connectivity index (χ2v) is 6.21. The summed E-state index contributed by atoms with van der Waals surface area (Å²) in [6.07, 6.45) is 2.09. The van der Waals surface area contributed by atoms with E-state index in [1.165, 1.54) is 5.56 Å². The van der Waals surface area contributed by atoms with Crippen LogP contribution in [0.5, 0.6) is 0 Å². The Morgan fingerprint density at radius 3 is 2.91 bits per heavy atom. The van der Waals surface area contributed by atoms with Gasteiger partial charge in [0.1, 0.15) is 6.04 Å². The van der Waals surface area contributed by atoms with Gasteiger partial charge in [0.15, 0.2) is 5.82 Å². The lowest BCUT2D eigenvalue weighted by molar-refractivity contribution is 0.0933. The Balaban J connectivity index is 1.76. The van der Waals surface area contributed by atoms with E-state index < -0.39 is 0 Å². The van der Waals surface area contributed by atoms with Crippen molar-refractivity contribution < 1.29 is 9.32 Å². The summed E-state index contributed by atoms with van der Waals surface area (Å²) in [5.74, 6) is 1.15. The fourth-order valence-corrected chi connectivity index (χ4v) is 2.69. The van der Waals surface area contributed by atoms with E-state index in [0.717, 1.165) is 25.1 Å². The van der Waals surface area contributed by atoms with Crippen LogP contribution >= 0.6 is 0 Å². The van der Waals surface area contributed by atoms with Crippen molar-refractivity contribution in [3.05, 3.63) is 41.0 Å². The van der Waals surface area contributed by atoms with E-state index in [-0.39, 0.29) is 17.9 Å². The zero-order chi connectivity index (χ0) is 16.4. The Morgan fingerprint density at radius 2 is 2.17 bits per heavy atom. The van der Waals surface area contributed by atoms with Gasteiger partial charge in [-0.05, 0) is 31.4 Å². The summed E-state index contributed by atoms with van der Waals surface area (Å²) in [6, 6.07) is 5.50. The van der Waals surface area contributed by atoms with Crippen LogP contribution in [0.15, 0.2) is 22.7 Å². The first kappa shape index (κ1) is 15.5. The van der Waals surface area contributed by atoms with Crippen LogP contribution in [0.4, 0.5) is 5.69 Å². The van der Waals surface area contributed by atoms with Gasteiger partial charge in [0, 0.05) is 12.5 Å². The van der Waals surface area contributed by atoms with Gasteiger partial charge in [0.05, 0.1) is 11.3 Å². The highest BCUT2D eigenvalue weighted by atomic mass is 16.5. The maximum Gasteiger partial charge on any atom is 0.254 e. The molecule has 122 valence electrons. The minimum Gasteiger partial charge on any atom is -0.384 e. The van der Waals surface area contributed by atoms with E-state index in [9.17, 15) is 4.79 Å². The number of hydrogen-bond acceptors (Lipinski definition) is 5. The average Bonchev–Trinajstić information content (AvgIpc) is 3.04. The Morgan fingerprint density at radius 1 is 1.35 bits per heavy atom. The van der Waals surface area contributed by atoms with Crippen molar-refractivity contribution in [2.24, 2.45) is 0 Å². The Labute approximate surface area is 135 Å². The minimum atomic E-state index is -0.332. The minimum absolute atomic E-state index is 0.131. The predicted molar refractivity (Wildman–Crippen MR) is 87.5 cm³/mol. The Bertz CT molecular complexity index is 708. The van der Waals surface area contributed by atoms with Crippen LogP contribution in [-0.4, -0.2) is 22.6 Å². The Hall–Kier alpha value is -2.37. The van der Waals surface area contributed by atoms with Crippen molar-refractivity contribution in [3.8, 4) is 0 Å². The topological polar surface area (TPSA) is 80.0 Å². The molecule has 1 aliphatic rings. The van der Waals surface area contributed by atoms with Gasteiger partial charge in [-0.25, -0.2) is 0 Å². The van der Waals surface area contributed by atoms with Gasteiger partial charge in [-0.2, -0.15) is 4.98 Å². The van der Waals surface area contributed by atoms with E-state index in [2.05, 4.69) is 26.8 Å². The number of para-hydroxylation sites is 1. The van der Waals surface area contributed by atoms with Crippen LogP contribution in [0.1, 0.15) is 66.8 Å². The number of amides is 1. The molecule has 0 radical (unpaired) electrons. The molecule has 0 saturated carbocycles. The molecule has 0 unspecified atom stereocenters. The van der Waals surface area contributed by atoms with Crippen molar-refractivity contribution in [2.45, 2.75) is 45.6 Å². The molecule has 1 aliphatic heterocycles. The molecule has 0 aliphatic carbocycles. The number of anilines is 1. The maximum absolute atomic E-state index is 12.6. The lowest BCUT2D eigenvalue weighted by Gasteiger charge is -2.21. The summed E-state index contributed by atoms with van der Waals surface area (Å²) in [5.41, 5.74) is 2.80. The summed E-state index contributed by atoms with van der Waals surface area (Å²) in [7, 11) is 0. The van der Waals surface area contributed by atoms with Gasteiger partial charge in [0.2, 0.25) is 5.89 Å². The number of fused-ring (bicyclic) bond motifs is 1. The first-order valence-electron chi connectivity index (χ1n) is 8.06. The lowest BCUT2D eigenvalue weighted by Crippen LogP contribution is -2.28. The highest BCUT2D eigenvalue weighted by molar-refractivity contribution is 6.00. The van der Waals surface area contributed by atoms with Crippen molar-refractivity contribution in [3.63, 3.8) is 0 Å². The van der Waals surface area contributed by atoms with Gasteiger partial charge >= 0.3 is 0 Å². The first-order valence-corrected chi connectivity index (χ1v) is 8.06. The van der Waals surface area contributed by atoms with Crippen molar-refractivity contribution >= 4 is 11.6 Å². The quantitative estimate of drug-likeness (QED) is 0.906. The molecule has 3 rings (SSSR count). The third-order valence-corrected chi connectivity index (χ3v) is 4.01. The van der Waals surface area contributed by atoms with Gasteiger partial charge in [0.25, 0.3) is 5.91 Å². The van der Waals surface area contributed by atoms with Gasteiger partial charge in [-0.15, -0.1) is 0 Å². The van der Waals surface area contributed by atoms with Crippen LogP contribution in [0, 0.1) is 0 Å². The van der Waals surface area contributed by atoms with E-state index in [0.29, 0.717) is 17.3 Å². The van der Waals surface area contributed by atoms with Crippen molar-refractivity contribution in [1.82, 2.24) is 15.5 Å². The van der Waals surface area contributed by atoms with Crippen LogP contribution in [-0.2, 0) is 6.42 Å². The lowest BCUT2D eigenvalue weighted by atomic mass is 9.99. The molecule has 2 heterocycles. The molecule has 1 aromatic heterocycles. The van der Waals surface area contributed by atoms with Crippen LogP contribution < -0.4 is 10.6 Å². The molecule has 2 N–H and O–H groups in total. The highest BCUT2D eigenvalue weighted by Gasteiger charge is 2.22. The molecule has 6 heteroatoms. The molecule has 1 aromatic carbocycles. The van der Waals surface area contributed by atoms with Gasteiger partial charge in [-0.3, -0.25) is 4.79 Å². The first-order chi connectivity index (χ1) is 11.1. The highest BCUT2D eigenvalue weighted by Crippen LogP contribution is 2.26. The number of benzene rings is 1. The average molecular weight is 314 g/mol. The summed E-state index contributed by atoms with van der Waals surface area (Å²) in [6.45, 7) is 6.74. The smallest absolute Gasteiger partial charge is 0.254 e. The fourth-order valence-electron chi connectivity index (χ4n) is 2.69. The van der Waals surface area contributed by atoms with Crippen LogP contribution in [0.2, 0.25) is 0 Å². The molecule has 1 amide bonds. The largest absolute Gasteiger partial charge is 0.384 e. The van der Waals surface area contributed by atoms with Crippen molar-refractivity contribution in [2.75, 3.05) is 11.9 Å². The maximum atomic E-state index is 12.6. The molecule has 1 atom stereocenters. The van der Waals surface area contributed by atoms with Gasteiger partial charge < -0.3 is 15.2 Å². The van der Waals surface area contributed by atoms with E-state index in [1.807, 2.05) is 32.9 Å². The van der Waals surface area contributed by atoms with Crippen molar-refractivity contribution in [1.29, 1.82) is 0 Å². The molecule has 0 fully saturated rings. The monoisotopic (exact) mass is 314 g/mol. The number of nitrogens with one attached hydrogen (secondary N) is 2. The zero-order valence-corrected chi connectivity index (χ0v) is 13.7. The predicted octanol–water partition coefficient (Wildman–Crippen LogP) is 3.04. The van der Waals surface area contributed by atoms with E-state index in [1.54, 1.807) is 0 Å². The molecular weight excluding hydrogens is 292 g/mol. The molecule has 0 spiro atoms. The molecule has 0 saturated heterocycles. The third kappa shape index (κ3) is 3.21. The van der Waals surface area contributed by atoms with Crippen LogP contribution in [0.3, 0.4) is 0 Å². The summed E-state index contributed by atoms with van der Waals surface area (Å²) >= 11 is 0. The number of carbonyl (C=O) groups excluding carboxylic acids is 1. The number of nitrogens with zero attached hydrogens (tertiary/aromatic N) is 2. The number of rotatable bonds is 4. The second-order valence-electron chi connectivity index (χ2n) is 6.21. The molecule has 0 bridgehead atoms. The number of aryl methyl sites for hydroxylation is 1. The van der Waals surface area contributed by atoms with E-state index in [4.69, 9.17) is 4.52 Å². The second kappa shape index (κ2) is 6.40. The van der Waals surface area contributed by atoms with Gasteiger partial charge in [-0.1, -0.05) is 31.1 Å². The number of carbonyl (C=O) groups is 1. The fraction of sp³-hybridized carbons (Fsp3) is 0.471. The standard InChI is InChI=1S/C17H22N4O2/c1-10(2)15-20-17(23-21-15)11(3)19-16(22)13-8-4-6-12-7-5-9-18-14(12)13/h4,6,8,10-11,18H,5,7,9H2,1-3H3,(H,19,22)/t11-/m1/s1. The normalized spacial score (nSPS) is 15.0. The SMILES string of the molecule is CC(C)c1noc([C@@H](C)NC(=O)c2cccc3c2NCCC3)n1. The number of aromatic nitrogens is 2. The third-order valence-electron chi connectivity index (χ3n) is 4.01. The summed E-state index contributed by atoms with van der Waals surface area (Å²) in [4.78, 5) is 16.9. The van der Waals surface area contributed by atoms with E-state index >= 15 is 0 Å². The molecule has 6 nitrogen and oxygen atoms in total. The zero-order valence-electron chi connectivity index (χ0n) is 13.7. The van der Waals surface area contributed by atoms with Crippen LogP contribution in [0.25, 0.3) is 0 Å². The molecule has 23 heavy (non-hydrogen) atoms. The molecule has 2 aromatic rings. The summed E-state index contributed by atoms with van der Waals surface area (Å²) in [5, 5.41) is 10.2. The Kier molecular flexibility index (Phi) is 4.32. The molecular formula is C17H22N4O2. The summed E-state index contributed by atoms with van der Waals surface area (Å²) < 4.78 is 5.25. The number of hydrogen-bond donors (Lipinski definition) is 2.